The molecule has 0 saturated heterocycles. The zero-order valence-corrected chi connectivity index (χ0v) is 14.7. The van der Waals surface area contributed by atoms with E-state index in [9.17, 15) is 0 Å². The number of rotatable bonds is 4. The molecule has 0 bridgehead atoms. The van der Waals surface area contributed by atoms with Crippen LogP contribution in [0, 0.1) is 0 Å². The Morgan fingerprint density at radius 1 is 1.17 bits per heavy atom. The second-order valence-electron chi connectivity index (χ2n) is 6.50. The van der Waals surface area contributed by atoms with Crippen LogP contribution in [0.3, 0.4) is 0 Å². The van der Waals surface area contributed by atoms with Crippen LogP contribution < -0.4 is 10.6 Å². The van der Waals surface area contributed by atoms with Gasteiger partial charge in [0.2, 0.25) is 0 Å². The maximum Gasteiger partial charge on any atom is 0.0442 e. The van der Waals surface area contributed by atoms with Gasteiger partial charge in [0.05, 0.1) is 0 Å². The van der Waals surface area contributed by atoms with Crippen molar-refractivity contribution in [1.82, 2.24) is 9.47 Å². The van der Waals surface area contributed by atoms with E-state index in [0.717, 1.165) is 32.5 Å². The molecule has 2 nitrogen and oxygen atoms in total. The summed E-state index contributed by atoms with van der Waals surface area (Å²) in [5.41, 5.74) is 4.54. The van der Waals surface area contributed by atoms with E-state index in [-0.39, 0.29) is 0 Å². The Labute approximate surface area is 139 Å². The van der Waals surface area contributed by atoms with E-state index in [1.54, 1.807) is 11.3 Å². The number of hydrogen-bond donors (Lipinski definition) is 0. The van der Waals surface area contributed by atoms with E-state index in [1.807, 2.05) is 0 Å². The first-order valence-electron chi connectivity index (χ1n) is 8.83. The minimum atomic E-state index is 1.08. The predicted octanol–water partition coefficient (Wildman–Crippen LogP) is 2.71. The normalized spacial score (nSPS) is 16.8. The lowest BCUT2D eigenvalue weighted by atomic mass is 10.1. The van der Waals surface area contributed by atoms with Crippen LogP contribution in [0.15, 0.2) is 30.3 Å². The highest BCUT2D eigenvalue weighted by molar-refractivity contribution is 5.39. The molecule has 2 heteroatoms. The molecular formula is C21H28N2. The van der Waals surface area contributed by atoms with Crippen LogP contribution in [0.25, 0.3) is 12.2 Å². The number of aryl methyl sites for hydroxylation is 1. The van der Waals surface area contributed by atoms with E-state index in [1.165, 1.54) is 22.6 Å². The minimum Gasteiger partial charge on any atom is -0.344 e. The molecule has 1 aliphatic rings. The van der Waals surface area contributed by atoms with Gasteiger partial charge in [0.15, 0.2) is 0 Å². The molecule has 1 aromatic heterocycles. The highest BCUT2D eigenvalue weighted by Gasteiger charge is 2.20. The van der Waals surface area contributed by atoms with Gasteiger partial charge < -0.3 is 9.47 Å². The lowest BCUT2D eigenvalue weighted by Gasteiger charge is -2.24. The fourth-order valence-corrected chi connectivity index (χ4v) is 3.75. The molecule has 0 fully saturated rings. The first-order valence-corrected chi connectivity index (χ1v) is 8.83. The Balaban J connectivity index is 2.03. The highest BCUT2D eigenvalue weighted by Crippen LogP contribution is 2.15. The fourth-order valence-electron chi connectivity index (χ4n) is 3.75. The smallest absolute Gasteiger partial charge is 0.0442 e. The van der Waals surface area contributed by atoms with Gasteiger partial charge in [-0.25, -0.2) is 0 Å². The molecule has 0 spiro atoms. The van der Waals surface area contributed by atoms with Gasteiger partial charge in [-0.15, -0.1) is 0 Å². The molecule has 0 amide bonds. The quantitative estimate of drug-likeness (QED) is 0.843. The number of likely N-dealkylation sites (N-methyl/N-ethyl adjacent to an activating group) is 1. The van der Waals surface area contributed by atoms with Gasteiger partial charge >= 0.3 is 0 Å². The van der Waals surface area contributed by atoms with E-state index in [0.29, 0.717) is 0 Å². The van der Waals surface area contributed by atoms with Gasteiger partial charge in [-0.1, -0.05) is 49.4 Å². The number of hydrogen-bond acceptors (Lipinski definition) is 1. The summed E-state index contributed by atoms with van der Waals surface area (Å²) in [6.07, 6.45) is 8.06. The van der Waals surface area contributed by atoms with Crippen molar-refractivity contribution in [2.24, 2.45) is 0 Å². The standard InChI is InChI=1S/C21H28N2/c1-4-9-20-18(5-2)19-16-22(3)14-13-21(19)23(20)15-12-17-10-7-6-8-11-17/h5-11H,4,12-16H2,1-3H3/b18-5-,20-9+. The third-order valence-corrected chi connectivity index (χ3v) is 4.88. The molecule has 0 unspecified atom stereocenters. The molecule has 2 heterocycles. The molecule has 0 radical (unpaired) electrons. The topological polar surface area (TPSA) is 8.17 Å². The average molecular weight is 308 g/mol. The Morgan fingerprint density at radius 2 is 1.96 bits per heavy atom. The van der Waals surface area contributed by atoms with Crippen LogP contribution in [0.2, 0.25) is 0 Å². The molecule has 3 rings (SSSR count). The largest absolute Gasteiger partial charge is 0.344 e. The summed E-state index contributed by atoms with van der Waals surface area (Å²) in [7, 11) is 2.23. The lowest BCUT2D eigenvalue weighted by Crippen LogP contribution is -2.32. The maximum absolute atomic E-state index is 2.59. The number of fused-ring (bicyclic) bond motifs is 1. The monoisotopic (exact) mass is 308 g/mol. The number of aromatic nitrogens is 1. The summed E-state index contributed by atoms with van der Waals surface area (Å²) >= 11 is 0. The van der Waals surface area contributed by atoms with Gasteiger partial charge in [0.1, 0.15) is 0 Å². The summed E-state index contributed by atoms with van der Waals surface area (Å²) < 4.78 is 2.59. The average Bonchev–Trinajstić information content (AvgIpc) is 2.86. The van der Waals surface area contributed by atoms with Gasteiger partial charge in [0, 0.05) is 37.1 Å². The first kappa shape index (κ1) is 16.1. The SMILES string of the molecule is C/C=c1/c2c(n(CCc3ccccc3)/c1=C/CC)CCN(C)C2. The van der Waals surface area contributed by atoms with Crippen LogP contribution >= 0.6 is 0 Å². The van der Waals surface area contributed by atoms with E-state index >= 15 is 0 Å². The van der Waals surface area contributed by atoms with Crippen LogP contribution in [-0.2, 0) is 25.9 Å². The molecule has 2 aromatic rings. The molecular weight excluding hydrogens is 280 g/mol. The van der Waals surface area contributed by atoms with Crippen LogP contribution in [-0.4, -0.2) is 23.1 Å². The third kappa shape index (κ3) is 3.28. The molecule has 0 saturated carbocycles. The number of benzene rings is 1. The second kappa shape index (κ2) is 7.18. The van der Waals surface area contributed by atoms with Crippen molar-refractivity contribution >= 4 is 12.2 Å². The molecule has 122 valence electrons. The van der Waals surface area contributed by atoms with Gasteiger partial charge in [-0.05, 0) is 43.2 Å². The van der Waals surface area contributed by atoms with Crippen molar-refractivity contribution < 1.29 is 0 Å². The predicted molar refractivity (Wildman–Crippen MR) is 98.8 cm³/mol. The molecule has 0 atom stereocenters. The zero-order valence-electron chi connectivity index (χ0n) is 14.7. The lowest BCUT2D eigenvalue weighted by molar-refractivity contribution is 0.307. The van der Waals surface area contributed by atoms with Gasteiger partial charge in [-0.3, -0.25) is 0 Å². The Bertz CT molecular complexity index is 768. The Kier molecular flexibility index (Phi) is 5.02. The minimum absolute atomic E-state index is 1.08. The van der Waals surface area contributed by atoms with Crippen LogP contribution in [0.1, 0.15) is 37.1 Å². The van der Waals surface area contributed by atoms with Crippen molar-refractivity contribution in [3.8, 4) is 0 Å². The summed E-state index contributed by atoms with van der Waals surface area (Å²) in [5, 5.41) is 2.90. The molecule has 23 heavy (non-hydrogen) atoms. The molecule has 0 N–H and O–H groups in total. The summed E-state index contributed by atoms with van der Waals surface area (Å²) in [4.78, 5) is 2.44. The van der Waals surface area contributed by atoms with E-state index in [2.05, 4.69) is 72.8 Å². The fraction of sp³-hybridized carbons (Fsp3) is 0.429. The van der Waals surface area contributed by atoms with Crippen LogP contribution in [0.5, 0.6) is 0 Å². The summed E-state index contributed by atoms with van der Waals surface area (Å²) in [6.45, 7) is 7.74. The Morgan fingerprint density at radius 3 is 2.65 bits per heavy atom. The van der Waals surface area contributed by atoms with E-state index in [4.69, 9.17) is 0 Å². The van der Waals surface area contributed by atoms with Crippen molar-refractivity contribution in [2.45, 2.75) is 46.2 Å². The third-order valence-electron chi connectivity index (χ3n) is 4.88. The van der Waals surface area contributed by atoms with Crippen molar-refractivity contribution in [3.05, 3.63) is 57.7 Å². The zero-order chi connectivity index (χ0) is 16.2. The summed E-state index contributed by atoms with van der Waals surface area (Å²) in [6, 6.07) is 10.8. The van der Waals surface area contributed by atoms with Crippen molar-refractivity contribution in [3.63, 3.8) is 0 Å². The number of nitrogens with zero attached hydrogens (tertiary/aromatic N) is 2. The van der Waals surface area contributed by atoms with E-state index < -0.39 is 0 Å². The second-order valence-corrected chi connectivity index (χ2v) is 6.50. The molecule has 1 aliphatic heterocycles. The van der Waals surface area contributed by atoms with Gasteiger partial charge in [-0.2, -0.15) is 0 Å². The first-order chi connectivity index (χ1) is 11.2. The maximum atomic E-state index is 2.59. The van der Waals surface area contributed by atoms with Crippen molar-refractivity contribution in [2.75, 3.05) is 13.6 Å². The molecule has 0 aliphatic carbocycles. The van der Waals surface area contributed by atoms with Gasteiger partial charge in [0.25, 0.3) is 0 Å². The Hall–Kier alpha value is -1.80. The molecule has 1 aromatic carbocycles. The van der Waals surface area contributed by atoms with Crippen LogP contribution in [0.4, 0.5) is 0 Å². The summed E-state index contributed by atoms with van der Waals surface area (Å²) in [5.74, 6) is 0. The highest BCUT2D eigenvalue weighted by atomic mass is 15.1. The van der Waals surface area contributed by atoms with Crippen molar-refractivity contribution in [1.29, 1.82) is 0 Å².